The Labute approximate surface area is 488 Å². The number of benzene rings is 6. The van der Waals surface area contributed by atoms with Gasteiger partial charge in [-0.1, -0.05) is 146 Å². The Morgan fingerprint density at radius 2 is 0.845 bits per heavy atom. The zero-order valence-electron chi connectivity index (χ0n) is 47.2. The normalized spacial score (nSPS) is 29.4. The van der Waals surface area contributed by atoms with Gasteiger partial charge in [0.05, 0.1) is 62.4 Å². The predicted octanol–water partition coefficient (Wildman–Crippen LogP) is 9.32. The van der Waals surface area contributed by atoms with E-state index in [4.69, 9.17) is 71.1 Å². The Balaban J connectivity index is 0.935. The van der Waals surface area contributed by atoms with E-state index in [0.717, 1.165) is 16.7 Å². The smallest absolute Gasteiger partial charge is 0.338 e. The van der Waals surface area contributed by atoms with Gasteiger partial charge in [-0.2, -0.15) is 0 Å². The van der Waals surface area contributed by atoms with Crippen LogP contribution in [0.1, 0.15) is 81.9 Å². The Bertz CT molecular complexity index is 3050. The van der Waals surface area contributed by atoms with Gasteiger partial charge in [0.1, 0.15) is 42.7 Å². The molecule has 0 bridgehead atoms. The first-order valence-corrected chi connectivity index (χ1v) is 28.4. The average molecular weight is 1150 g/mol. The zero-order valence-corrected chi connectivity index (χ0v) is 47.2. The highest BCUT2D eigenvalue weighted by Gasteiger charge is 2.61. The largest absolute Gasteiger partial charge is 0.452 e. The fourth-order valence-electron chi connectivity index (χ4n) is 11.0. The van der Waals surface area contributed by atoms with Gasteiger partial charge in [0.25, 0.3) is 0 Å². The Morgan fingerprint density at radius 3 is 1.40 bits per heavy atom. The molecule has 442 valence electrons. The highest BCUT2D eigenvalue weighted by atomic mass is 16.9. The summed E-state index contributed by atoms with van der Waals surface area (Å²) in [5.41, 5.74) is 3.38. The van der Waals surface area contributed by atoms with Crippen LogP contribution in [0.25, 0.3) is 0 Å². The second-order valence-electron chi connectivity index (χ2n) is 22.1. The van der Waals surface area contributed by atoms with Gasteiger partial charge in [0.15, 0.2) is 48.8 Å². The van der Waals surface area contributed by atoms with Crippen molar-refractivity contribution in [1.29, 1.82) is 0 Å². The molecule has 0 aromatic heterocycles. The first kappa shape index (κ1) is 59.0. The number of fused-ring (bicyclic) bond motifs is 3. The van der Waals surface area contributed by atoms with E-state index >= 15 is 0 Å². The molecule has 5 heterocycles. The van der Waals surface area contributed by atoms with E-state index in [1.807, 2.05) is 91.0 Å². The van der Waals surface area contributed by atoms with E-state index in [1.165, 1.54) is 0 Å². The average Bonchev–Trinajstić information content (AvgIpc) is 2.58. The van der Waals surface area contributed by atoms with Gasteiger partial charge in [-0.15, -0.1) is 0 Å². The van der Waals surface area contributed by atoms with Crippen LogP contribution < -0.4 is 0 Å². The fraction of sp³-hybridized carbons (Fsp3) is 0.409. The lowest BCUT2D eigenvalue weighted by molar-refractivity contribution is -0.326. The third-order valence-electron chi connectivity index (χ3n) is 14.9. The molecule has 18 nitrogen and oxygen atoms in total. The van der Waals surface area contributed by atoms with Crippen LogP contribution in [0.15, 0.2) is 182 Å². The minimum Gasteiger partial charge on any atom is -0.452 e. The molecule has 0 spiro atoms. The van der Waals surface area contributed by atoms with Crippen LogP contribution in [0.2, 0.25) is 0 Å². The topological polar surface area (TPSA) is 190 Å². The van der Waals surface area contributed by atoms with Gasteiger partial charge >= 0.3 is 17.9 Å². The van der Waals surface area contributed by atoms with E-state index in [2.05, 4.69) is 0 Å². The molecular weight excluding hydrogens is 1080 g/mol. The van der Waals surface area contributed by atoms with Crippen LogP contribution in [-0.4, -0.2) is 135 Å². The lowest BCUT2D eigenvalue weighted by atomic mass is 9.97. The number of carbonyl (C=O) groups is 3. The van der Waals surface area contributed by atoms with Crippen molar-refractivity contribution in [3.05, 3.63) is 215 Å². The summed E-state index contributed by atoms with van der Waals surface area (Å²) in [6, 6.07) is 54.3. The molecule has 5 fully saturated rings. The van der Waals surface area contributed by atoms with Gasteiger partial charge < -0.3 is 71.1 Å². The second-order valence-corrected chi connectivity index (χ2v) is 22.1. The summed E-state index contributed by atoms with van der Waals surface area (Å²) in [6.07, 6.45) is -14.2. The van der Waals surface area contributed by atoms with Gasteiger partial charge in [-0.3, -0.25) is 0 Å². The van der Waals surface area contributed by atoms with E-state index in [9.17, 15) is 14.4 Å². The molecule has 18 heteroatoms. The molecule has 6 aromatic carbocycles. The molecule has 0 N–H and O–H groups in total. The van der Waals surface area contributed by atoms with Crippen molar-refractivity contribution in [2.45, 2.75) is 152 Å². The van der Waals surface area contributed by atoms with Crippen molar-refractivity contribution < 1.29 is 85.4 Å². The predicted molar refractivity (Wildman–Crippen MR) is 299 cm³/mol. The first-order chi connectivity index (χ1) is 40.8. The summed E-state index contributed by atoms with van der Waals surface area (Å²) in [4.78, 5) is 43.4. The van der Waals surface area contributed by atoms with E-state index in [-0.39, 0.29) is 56.1 Å². The Morgan fingerprint density at radius 1 is 0.405 bits per heavy atom. The molecule has 5 aliphatic rings. The summed E-state index contributed by atoms with van der Waals surface area (Å²) in [7, 11) is 0. The van der Waals surface area contributed by atoms with Crippen LogP contribution in [0.4, 0.5) is 0 Å². The van der Waals surface area contributed by atoms with Crippen molar-refractivity contribution in [2.24, 2.45) is 0 Å². The summed E-state index contributed by atoms with van der Waals surface area (Å²) < 4.78 is 98.4. The summed E-state index contributed by atoms with van der Waals surface area (Å²) >= 11 is 0. The SMILES string of the molecule is CC1(C)O[C@H]2[C@@H](O1)[C@@H](CO[C@@H]1O[C@H](CO[C@@H]3C[C@@H](OCc4ccccc4)[C@@H](OCc4ccccc4)[C@@H](COCc4ccccc4)O3)[C@@H](OC(=O)c3ccccc3)[C@H](OC(=O)c3ccccc3)[C@H]1OC(=O)c1ccccc1)O[C@@H]1OC(C)(C)O[C@@H]12. The van der Waals surface area contributed by atoms with Crippen molar-refractivity contribution in [3.8, 4) is 0 Å². The van der Waals surface area contributed by atoms with Crippen molar-refractivity contribution in [3.63, 3.8) is 0 Å². The molecule has 14 atom stereocenters. The van der Waals surface area contributed by atoms with Crippen LogP contribution in [0.5, 0.6) is 0 Å². The number of esters is 3. The summed E-state index contributed by atoms with van der Waals surface area (Å²) in [6.45, 7) is 7.42. The van der Waals surface area contributed by atoms with Crippen LogP contribution >= 0.6 is 0 Å². The lowest BCUT2D eigenvalue weighted by Gasteiger charge is -2.46. The molecule has 0 amide bonds. The van der Waals surface area contributed by atoms with Crippen LogP contribution in [-0.2, 0) is 90.9 Å². The molecule has 6 aromatic rings. The fourth-order valence-corrected chi connectivity index (χ4v) is 11.0. The number of hydrogen-bond donors (Lipinski definition) is 0. The maximum atomic E-state index is 14.5. The molecule has 0 aliphatic carbocycles. The van der Waals surface area contributed by atoms with E-state index in [1.54, 1.807) is 119 Å². The standard InChI is InChI=1S/C66H70O18/c1-65(2)81-55-51(77-64-59(57(55)82-65)83-66(3,4)84-64)41-74-63-58(80-62(69)47-33-21-10-22-34-47)56(79-61(68)46-31-19-9-20-32-46)54(78-60(67)45-29-17-8-18-30-45)50(76-63)40-72-52-35-48(71-37-43-25-13-6-14-26-43)53(73-38-44-27-15-7-16-28-44)49(75-52)39-70-36-42-23-11-5-12-24-42/h5-34,48-59,63-64H,35-41H2,1-4H3/t48-,49-,50-,51-,52+,53-,54-,55+,56+,57+,58-,59-,63-,64-/m1/s1. The molecule has 84 heavy (non-hydrogen) atoms. The van der Waals surface area contributed by atoms with Crippen molar-refractivity contribution in [1.82, 2.24) is 0 Å². The summed E-state index contributed by atoms with van der Waals surface area (Å²) in [5.74, 6) is -4.47. The third kappa shape index (κ3) is 14.8. The molecule has 0 unspecified atom stereocenters. The first-order valence-electron chi connectivity index (χ1n) is 28.4. The highest BCUT2D eigenvalue weighted by Crippen LogP contribution is 2.45. The molecule has 0 saturated carbocycles. The van der Waals surface area contributed by atoms with Crippen molar-refractivity contribution >= 4 is 17.9 Å². The minimum atomic E-state index is -1.61. The Kier molecular flexibility index (Phi) is 19.0. The van der Waals surface area contributed by atoms with Gasteiger partial charge in [-0.05, 0) is 80.8 Å². The van der Waals surface area contributed by atoms with Gasteiger partial charge in [-0.25, -0.2) is 14.4 Å². The molecule has 5 saturated heterocycles. The molecule has 0 radical (unpaired) electrons. The second kappa shape index (κ2) is 27.1. The maximum Gasteiger partial charge on any atom is 0.338 e. The lowest BCUT2D eigenvalue weighted by Crippen LogP contribution is -2.64. The summed E-state index contributed by atoms with van der Waals surface area (Å²) in [5, 5.41) is 0. The number of carbonyl (C=O) groups excluding carboxylic acids is 3. The molecule has 5 aliphatic heterocycles. The van der Waals surface area contributed by atoms with Gasteiger partial charge in [0.2, 0.25) is 0 Å². The monoisotopic (exact) mass is 1150 g/mol. The van der Waals surface area contributed by atoms with Crippen LogP contribution in [0.3, 0.4) is 0 Å². The van der Waals surface area contributed by atoms with Crippen LogP contribution in [0, 0.1) is 0 Å². The molecular formula is C66H70O18. The zero-order chi connectivity index (χ0) is 58.0. The Hall–Kier alpha value is -6.75. The van der Waals surface area contributed by atoms with Gasteiger partial charge in [0, 0.05) is 6.42 Å². The third-order valence-corrected chi connectivity index (χ3v) is 14.9. The number of hydrogen-bond acceptors (Lipinski definition) is 18. The minimum absolute atomic E-state index is 0.0891. The number of rotatable bonds is 22. The highest BCUT2D eigenvalue weighted by molar-refractivity contribution is 5.91. The quantitative estimate of drug-likeness (QED) is 0.0461. The van der Waals surface area contributed by atoms with E-state index in [0.29, 0.717) is 6.61 Å². The number of ether oxygens (including phenoxy) is 15. The van der Waals surface area contributed by atoms with E-state index < -0.39 is 115 Å². The van der Waals surface area contributed by atoms with Crippen molar-refractivity contribution in [2.75, 3.05) is 19.8 Å². The molecule has 11 rings (SSSR count). The maximum absolute atomic E-state index is 14.5.